The van der Waals surface area contributed by atoms with Gasteiger partial charge in [-0.15, -0.1) is 0 Å². The zero-order valence-corrected chi connectivity index (χ0v) is 9.01. The molecular formula is C14H11N2. The van der Waals surface area contributed by atoms with Crippen molar-refractivity contribution in [2.24, 2.45) is 0 Å². The Labute approximate surface area is 94.2 Å². The minimum absolute atomic E-state index is 1.01. The van der Waals surface area contributed by atoms with Gasteiger partial charge in [-0.05, 0) is 37.3 Å². The van der Waals surface area contributed by atoms with Crippen LogP contribution in [0.4, 0.5) is 0 Å². The molecule has 1 aromatic heterocycles. The second-order valence-corrected chi connectivity index (χ2v) is 3.74. The third-order valence-electron chi connectivity index (χ3n) is 2.69. The first kappa shape index (κ1) is 9.16. The lowest BCUT2D eigenvalue weighted by atomic mass is 10.3. The number of aromatic nitrogens is 2. The van der Waals surface area contributed by atoms with Crippen LogP contribution in [-0.4, -0.2) is 9.55 Å². The summed E-state index contributed by atoms with van der Waals surface area (Å²) in [6.07, 6.45) is 0. The summed E-state index contributed by atoms with van der Waals surface area (Å²) in [5, 5.41) is 0. The number of hydrogen-bond acceptors (Lipinski definition) is 1. The van der Waals surface area contributed by atoms with Crippen LogP contribution in [0.25, 0.3) is 16.7 Å². The van der Waals surface area contributed by atoms with E-state index in [-0.39, 0.29) is 0 Å². The van der Waals surface area contributed by atoms with E-state index in [0.717, 1.165) is 22.5 Å². The smallest absolute Gasteiger partial charge is 0.111 e. The Bertz CT molecular complexity index is 624. The van der Waals surface area contributed by atoms with Gasteiger partial charge in [0.1, 0.15) is 5.82 Å². The summed E-state index contributed by atoms with van der Waals surface area (Å²) in [5.74, 6) is 1.01. The first-order chi connectivity index (χ1) is 7.86. The molecule has 3 aromatic rings. The molecule has 0 amide bonds. The molecule has 0 unspecified atom stereocenters. The van der Waals surface area contributed by atoms with Crippen LogP contribution >= 0.6 is 0 Å². The Kier molecular flexibility index (Phi) is 2.00. The van der Waals surface area contributed by atoms with Crippen molar-refractivity contribution in [2.75, 3.05) is 0 Å². The molecule has 0 spiro atoms. The maximum absolute atomic E-state index is 4.54. The van der Waals surface area contributed by atoms with Crippen molar-refractivity contribution in [3.05, 3.63) is 60.4 Å². The molecule has 3 rings (SSSR count). The fourth-order valence-corrected chi connectivity index (χ4v) is 2.00. The molecule has 0 saturated carbocycles. The average molecular weight is 207 g/mol. The van der Waals surface area contributed by atoms with E-state index in [1.165, 1.54) is 0 Å². The highest BCUT2D eigenvalue weighted by Gasteiger charge is 2.07. The molecule has 2 heteroatoms. The van der Waals surface area contributed by atoms with Crippen LogP contribution in [0.5, 0.6) is 0 Å². The van der Waals surface area contributed by atoms with Gasteiger partial charge in [-0.3, -0.25) is 4.57 Å². The predicted octanol–water partition coefficient (Wildman–Crippen LogP) is 3.13. The summed E-state index contributed by atoms with van der Waals surface area (Å²) < 4.78 is 2.16. The second kappa shape index (κ2) is 3.49. The van der Waals surface area contributed by atoms with Crippen LogP contribution in [-0.2, 0) is 0 Å². The van der Waals surface area contributed by atoms with Gasteiger partial charge in [0, 0.05) is 5.69 Å². The van der Waals surface area contributed by atoms with Crippen molar-refractivity contribution in [1.29, 1.82) is 0 Å². The molecule has 1 heterocycles. The Hall–Kier alpha value is -2.09. The fourth-order valence-electron chi connectivity index (χ4n) is 2.00. The topological polar surface area (TPSA) is 17.8 Å². The van der Waals surface area contributed by atoms with E-state index in [2.05, 4.69) is 21.7 Å². The first-order valence-electron chi connectivity index (χ1n) is 5.27. The monoisotopic (exact) mass is 207 g/mol. The number of nitrogens with zero attached hydrogens (tertiary/aromatic N) is 2. The molecule has 2 nitrogen and oxygen atoms in total. The number of hydrogen-bond donors (Lipinski definition) is 0. The largest absolute Gasteiger partial charge is 0.297 e. The SMILES string of the molecule is Cc1nc2ccccc2n1-c1cc[c]cc1. The fraction of sp³-hybridized carbons (Fsp3) is 0.0714. The number of para-hydroxylation sites is 2. The van der Waals surface area contributed by atoms with Gasteiger partial charge in [0.25, 0.3) is 0 Å². The summed E-state index contributed by atoms with van der Waals surface area (Å²) in [4.78, 5) is 4.54. The summed E-state index contributed by atoms with van der Waals surface area (Å²) >= 11 is 0. The average Bonchev–Trinajstić information content (AvgIpc) is 2.66. The third kappa shape index (κ3) is 1.31. The Morgan fingerprint density at radius 3 is 2.62 bits per heavy atom. The van der Waals surface area contributed by atoms with E-state index in [1.54, 1.807) is 0 Å². The second-order valence-electron chi connectivity index (χ2n) is 3.74. The van der Waals surface area contributed by atoms with Gasteiger partial charge in [0.2, 0.25) is 0 Å². The number of imidazole rings is 1. The summed E-state index contributed by atoms with van der Waals surface area (Å²) in [5.41, 5.74) is 3.31. The van der Waals surface area contributed by atoms with Crippen molar-refractivity contribution in [2.45, 2.75) is 6.92 Å². The maximum atomic E-state index is 4.54. The van der Waals surface area contributed by atoms with E-state index in [0.29, 0.717) is 0 Å². The molecule has 0 bridgehead atoms. The first-order valence-corrected chi connectivity index (χ1v) is 5.27. The van der Waals surface area contributed by atoms with Crippen LogP contribution in [0.3, 0.4) is 0 Å². The van der Waals surface area contributed by atoms with Gasteiger partial charge in [-0.2, -0.15) is 0 Å². The van der Waals surface area contributed by atoms with Gasteiger partial charge in [-0.25, -0.2) is 4.98 Å². The molecule has 0 aliphatic heterocycles. The molecule has 1 radical (unpaired) electrons. The molecule has 77 valence electrons. The number of aryl methyl sites for hydroxylation is 1. The van der Waals surface area contributed by atoms with Gasteiger partial charge < -0.3 is 0 Å². The summed E-state index contributed by atoms with van der Waals surface area (Å²) in [6, 6.07) is 19.1. The molecule has 0 aliphatic carbocycles. The molecule has 2 aromatic carbocycles. The lowest BCUT2D eigenvalue weighted by Gasteiger charge is -2.05. The predicted molar refractivity (Wildman–Crippen MR) is 64.6 cm³/mol. The van der Waals surface area contributed by atoms with Gasteiger partial charge >= 0.3 is 0 Å². The van der Waals surface area contributed by atoms with Crippen molar-refractivity contribution < 1.29 is 0 Å². The maximum Gasteiger partial charge on any atom is 0.111 e. The third-order valence-corrected chi connectivity index (χ3v) is 2.69. The lowest BCUT2D eigenvalue weighted by Crippen LogP contribution is -1.95. The van der Waals surface area contributed by atoms with Gasteiger partial charge in [0.15, 0.2) is 0 Å². The molecule has 0 saturated heterocycles. The molecule has 16 heavy (non-hydrogen) atoms. The normalized spacial score (nSPS) is 10.8. The Morgan fingerprint density at radius 1 is 1.06 bits per heavy atom. The summed E-state index contributed by atoms with van der Waals surface area (Å²) in [6.45, 7) is 2.02. The molecule has 0 fully saturated rings. The van der Waals surface area contributed by atoms with E-state index in [9.17, 15) is 0 Å². The Morgan fingerprint density at radius 2 is 1.81 bits per heavy atom. The van der Waals surface area contributed by atoms with Crippen LogP contribution in [0.2, 0.25) is 0 Å². The van der Waals surface area contributed by atoms with E-state index in [1.807, 2.05) is 49.4 Å². The summed E-state index contributed by atoms with van der Waals surface area (Å²) in [7, 11) is 0. The highest BCUT2D eigenvalue weighted by atomic mass is 15.1. The highest BCUT2D eigenvalue weighted by Crippen LogP contribution is 2.20. The zero-order valence-electron chi connectivity index (χ0n) is 9.01. The lowest BCUT2D eigenvalue weighted by molar-refractivity contribution is 1.00. The Balaban J connectivity index is 2.35. The zero-order chi connectivity index (χ0) is 11.0. The quantitative estimate of drug-likeness (QED) is 0.599. The van der Waals surface area contributed by atoms with Crippen molar-refractivity contribution in [1.82, 2.24) is 9.55 Å². The van der Waals surface area contributed by atoms with E-state index >= 15 is 0 Å². The molecule has 0 N–H and O–H groups in total. The number of rotatable bonds is 1. The molecular weight excluding hydrogens is 196 g/mol. The minimum atomic E-state index is 1.01. The van der Waals surface area contributed by atoms with Crippen LogP contribution in [0.15, 0.2) is 48.5 Å². The molecule has 0 aliphatic rings. The van der Waals surface area contributed by atoms with Crippen molar-refractivity contribution in [3.63, 3.8) is 0 Å². The van der Waals surface area contributed by atoms with E-state index in [4.69, 9.17) is 0 Å². The van der Waals surface area contributed by atoms with Gasteiger partial charge in [0.05, 0.1) is 11.0 Å². The number of fused-ring (bicyclic) bond motifs is 1. The molecule has 0 atom stereocenters. The van der Waals surface area contributed by atoms with Crippen molar-refractivity contribution >= 4 is 11.0 Å². The minimum Gasteiger partial charge on any atom is -0.297 e. The van der Waals surface area contributed by atoms with Crippen LogP contribution < -0.4 is 0 Å². The van der Waals surface area contributed by atoms with Crippen LogP contribution in [0, 0.1) is 13.0 Å². The van der Waals surface area contributed by atoms with Crippen molar-refractivity contribution in [3.8, 4) is 5.69 Å². The van der Waals surface area contributed by atoms with E-state index < -0.39 is 0 Å². The van der Waals surface area contributed by atoms with Crippen LogP contribution in [0.1, 0.15) is 5.82 Å². The standard InChI is InChI=1S/C14H11N2/c1-11-15-13-9-5-6-10-14(13)16(11)12-7-3-2-4-8-12/h3-10H,1H3. The van der Waals surface area contributed by atoms with Gasteiger partial charge in [-0.1, -0.05) is 24.3 Å². The highest BCUT2D eigenvalue weighted by molar-refractivity contribution is 5.78. The number of benzene rings is 2.